The van der Waals surface area contributed by atoms with Crippen LogP contribution in [0, 0.1) is 0 Å². The highest BCUT2D eigenvalue weighted by Gasteiger charge is 2.16. The molecule has 7 heteroatoms. The smallest absolute Gasteiger partial charge is 0.277 e. The van der Waals surface area contributed by atoms with Gasteiger partial charge in [0.25, 0.3) is 5.22 Å². The number of hydrogen-bond acceptors (Lipinski definition) is 6. The van der Waals surface area contributed by atoms with Gasteiger partial charge in [-0.05, 0) is 40.8 Å². The summed E-state index contributed by atoms with van der Waals surface area (Å²) in [5.74, 6) is 0.720. The van der Waals surface area contributed by atoms with Crippen LogP contribution >= 0.6 is 11.8 Å². The van der Waals surface area contributed by atoms with E-state index in [1.807, 2.05) is 43.3 Å². The Labute approximate surface area is 188 Å². The SMILES string of the molecule is CN(Cc1ccc(N(C)C)cc1)C(=O)CSc1nnc(-c2ccc(C(C)(C)C)cc2)o1. The van der Waals surface area contributed by atoms with Gasteiger partial charge in [0.1, 0.15) is 0 Å². The Hall–Kier alpha value is -2.80. The Morgan fingerprint density at radius 2 is 1.61 bits per heavy atom. The summed E-state index contributed by atoms with van der Waals surface area (Å²) in [6, 6.07) is 16.3. The van der Waals surface area contributed by atoms with Crippen LogP contribution in [0.2, 0.25) is 0 Å². The zero-order chi connectivity index (χ0) is 22.6. The van der Waals surface area contributed by atoms with Gasteiger partial charge in [0.05, 0.1) is 5.75 Å². The number of aromatic nitrogens is 2. The third kappa shape index (κ3) is 6.10. The maximum Gasteiger partial charge on any atom is 0.277 e. The molecule has 3 aromatic rings. The summed E-state index contributed by atoms with van der Waals surface area (Å²) in [7, 11) is 5.82. The van der Waals surface area contributed by atoms with Crippen LogP contribution in [-0.4, -0.2) is 47.9 Å². The van der Waals surface area contributed by atoms with Crippen LogP contribution in [0.25, 0.3) is 11.5 Å². The molecule has 0 unspecified atom stereocenters. The molecule has 0 aliphatic rings. The van der Waals surface area contributed by atoms with Crippen molar-refractivity contribution in [2.75, 3.05) is 31.8 Å². The van der Waals surface area contributed by atoms with Crippen LogP contribution in [0.4, 0.5) is 5.69 Å². The minimum absolute atomic E-state index is 0.0102. The largest absolute Gasteiger partial charge is 0.411 e. The van der Waals surface area contributed by atoms with E-state index in [2.05, 4.69) is 55.2 Å². The zero-order valence-corrected chi connectivity index (χ0v) is 19.9. The van der Waals surface area contributed by atoms with Crippen LogP contribution in [-0.2, 0) is 16.8 Å². The zero-order valence-electron chi connectivity index (χ0n) is 19.0. The molecule has 31 heavy (non-hydrogen) atoms. The molecule has 0 atom stereocenters. The summed E-state index contributed by atoms with van der Waals surface area (Å²) in [5.41, 5.74) is 4.43. The van der Waals surface area contributed by atoms with Crippen molar-refractivity contribution in [1.82, 2.24) is 15.1 Å². The minimum atomic E-state index is 0.0102. The molecule has 6 nitrogen and oxygen atoms in total. The molecule has 0 saturated heterocycles. The maximum absolute atomic E-state index is 12.5. The van der Waals surface area contributed by atoms with Gasteiger partial charge in [0.15, 0.2) is 0 Å². The van der Waals surface area contributed by atoms with Gasteiger partial charge < -0.3 is 14.2 Å². The van der Waals surface area contributed by atoms with Gasteiger partial charge in [-0.15, -0.1) is 10.2 Å². The molecule has 0 fully saturated rings. The van der Waals surface area contributed by atoms with Gasteiger partial charge in [-0.1, -0.05) is 56.8 Å². The lowest BCUT2D eigenvalue weighted by atomic mass is 9.87. The molecule has 0 radical (unpaired) electrons. The number of carbonyl (C=O) groups excluding carboxylic acids is 1. The van der Waals surface area contributed by atoms with Crippen LogP contribution < -0.4 is 4.90 Å². The molecule has 0 N–H and O–H groups in total. The second-order valence-corrected chi connectivity index (χ2v) is 9.73. The van der Waals surface area contributed by atoms with E-state index in [0.29, 0.717) is 17.7 Å². The quantitative estimate of drug-likeness (QED) is 0.492. The fraction of sp³-hybridized carbons (Fsp3) is 0.375. The fourth-order valence-electron chi connectivity index (χ4n) is 2.99. The Morgan fingerprint density at radius 1 is 0.968 bits per heavy atom. The summed E-state index contributed by atoms with van der Waals surface area (Å²) in [4.78, 5) is 16.3. The van der Waals surface area contributed by atoms with Crippen LogP contribution in [0.5, 0.6) is 0 Å². The van der Waals surface area contributed by atoms with Crippen molar-refractivity contribution in [2.24, 2.45) is 0 Å². The summed E-state index contributed by atoms with van der Waals surface area (Å²) in [6.45, 7) is 7.09. The number of benzene rings is 2. The van der Waals surface area contributed by atoms with Gasteiger partial charge in [0, 0.05) is 38.9 Å². The summed E-state index contributed by atoms with van der Waals surface area (Å²) in [6.07, 6.45) is 0. The standard InChI is InChI=1S/C24H30N4O2S/c1-24(2,3)19-11-9-18(10-12-19)22-25-26-23(30-22)31-16-21(29)28(6)15-17-7-13-20(14-8-17)27(4)5/h7-14H,15-16H2,1-6H3. The minimum Gasteiger partial charge on any atom is -0.411 e. The molecule has 0 saturated carbocycles. The average Bonchev–Trinajstić information content (AvgIpc) is 3.21. The molecule has 0 aliphatic carbocycles. The predicted molar refractivity (Wildman–Crippen MR) is 126 cm³/mol. The molecule has 0 spiro atoms. The highest BCUT2D eigenvalue weighted by Crippen LogP contribution is 2.27. The van der Waals surface area contributed by atoms with Crippen LogP contribution in [0.15, 0.2) is 58.2 Å². The van der Waals surface area contributed by atoms with Gasteiger partial charge >= 0.3 is 0 Å². The Bertz CT molecular complexity index is 1010. The highest BCUT2D eigenvalue weighted by molar-refractivity contribution is 7.99. The Balaban J connectivity index is 1.54. The maximum atomic E-state index is 12.5. The van der Waals surface area contributed by atoms with Crippen molar-refractivity contribution in [3.8, 4) is 11.5 Å². The molecule has 1 aromatic heterocycles. The first-order valence-electron chi connectivity index (χ1n) is 10.2. The number of anilines is 1. The molecule has 164 valence electrons. The van der Waals surface area contributed by atoms with E-state index in [0.717, 1.165) is 16.8 Å². The summed E-state index contributed by atoms with van der Waals surface area (Å²) < 4.78 is 5.74. The molecule has 1 heterocycles. The van der Waals surface area contributed by atoms with E-state index < -0.39 is 0 Å². The number of carbonyl (C=O) groups is 1. The average molecular weight is 439 g/mol. The van der Waals surface area contributed by atoms with E-state index in [1.165, 1.54) is 17.3 Å². The monoisotopic (exact) mass is 438 g/mol. The second-order valence-electron chi connectivity index (χ2n) is 8.80. The molecular formula is C24H30N4O2S. The van der Waals surface area contributed by atoms with Gasteiger partial charge in [-0.25, -0.2) is 0 Å². The third-order valence-electron chi connectivity index (χ3n) is 5.02. The van der Waals surface area contributed by atoms with Crippen molar-refractivity contribution < 1.29 is 9.21 Å². The van der Waals surface area contributed by atoms with Crippen LogP contribution in [0.3, 0.4) is 0 Å². The van der Waals surface area contributed by atoms with Crippen LogP contribution in [0.1, 0.15) is 31.9 Å². The van der Waals surface area contributed by atoms with Crippen molar-refractivity contribution in [3.63, 3.8) is 0 Å². The number of amides is 1. The molecular weight excluding hydrogens is 408 g/mol. The number of rotatable bonds is 7. The first kappa shape index (κ1) is 22.9. The topological polar surface area (TPSA) is 62.5 Å². The lowest BCUT2D eigenvalue weighted by Crippen LogP contribution is -2.27. The highest BCUT2D eigenvalue weighted by atomic mass is 32.2. The second kappa shape index (κ2) is 9.56. The van der Waals surface area contributed by atoms with Crippen molar-refractivity contribution in [3.05, 3.63) is 59.7 Å². The number of hydrogen-bond donors (Lipinski definition) is 0. The first-order chi connectivity index (χ1) is 14.6. The van der Waals surface area contributed by atoms with Gasteiger partial charge in [0.2, 0.25) is 11.8 Å². The predicted octanol–water partition coefficient (Wildman–Crippen LogP) is 4.85. The van der Waals surface area contributed by atoms with E-state index in [1.54, 1.807) is 11.9 Å². The van der Waals surface area contributed by atoms with Crippen molar-refractivity contribution in [1.29, 1.82) is 0 Å². The molecule has 2 aromatic carbocycles. The first-order valence-corrected chi connectivity index (χ1v) is 11.2. The number of nitrogens with zero attached hydrogens (tertiary/aromatic N) is 4. The van der Waals surface area contributed by atoms with Crippen molar-refractivity contribution in [2.45, 2.75) is 38.0 Å². The van der Waals surface area contributed by atoms with E-state index in [9.17, 15) is 4.79 Å². The summed E-state index contributed by atoms with van der Waals surface area (Å²) >= 11 is 1.26. The fourth-order valence-corrected chi connectivity index (χ4v) is 3.70. The Morgan fingerprint density at radius 3 is 2.19 bits per heavy atom. The normalized spacial score (nSPS) is 11.4. The Kier molecular flexibility index (Phi) is 7.05. The lowest BCUT2D eigenvalue weighted by molar-refractivity contribution is -0.127. The third-order valence-corrected chi connectivity index (χ3v) is 5.82. The van der Waals surface area contributed by atoms with E-state index >= 15 is 0 Å². The molecule has 3 rings (SSSR count). The molecule has 1 amide bonds. The molecule has 0 aliphatic heterocycles. The van der Waals surface area contributed by atoms with E-state index in [4.69, 9.17) is 4.42 Å². The van der Waals surface area contributed by atoms with Crippen molar-refractivity contribution >= 4 is 23.4 Å². The molecule has 0 bridgehead atoms. The van der Waals surface area contributed by atoms with E-state index in [-0.39, 0.29) is 17.1 Å². The number of thioether (sulfide) groups is 1. The van der Waals surface area contributed by atoms with Gasteiger partial charge in [-0.2, -0.15) is 0 Å². The lowest BCUT2D eigenvalue weighted by Gasteiger charge is -2.18. The summed E-state index contributed by atoms with van der Waals surface area (Å²) in [5, 5.41) is 8.60. The van der Waals surface area contributed by atoms with Gasteiger partial charge in [-0.3, -0.25) is 4.79 Å².